The van der Waals surface area contributed by atoms with Crippen LogP contribution in [0.2, 0.25) is 0 Å². The Hall–Kier alpha value is -0.460. The molecule has 0 bridgehead atoms. The third-order valence-corrected chi connectivity index (χ3v) is 5.55. The van der Waals surface area contributed by atoms with Crippen molar-refractivity contribution in [3.8, 4) is 0 Å². The molecule has 0 amide bonds. The first kappa shape index (κ1) is 14.6. The van der Waals surface area contributed by atoms with Gasteiger partial charge in [-0.1, -0.05) is 13.3 Å². The van der Waals surface area contributed by atoms with Gasteiger partial charge in [-0.3, -0.25) is 0 Å². The van der Waals surface area contributed by atoms with Crippen LogP contribution in [0.1, 0.15) is 41.1 Å². The summed E-state index contributed by atoms with van der Waals surface area (Å²) >= 11 is 1.51. The van der Waals surface area contributed by atoms with E-state index in [0.717, 1.165) is 30.0 Å². The molecule has 1 atom stereocenters. The van der Waals surface area contributed by atoms with E-state index >= 15 is 0 Å². The first-order chi connectivity index (χ1) is 7.90. The monoisotopic (exact) mass is 276 g/mol. The van der Waals surface area contributed by atoms with Crippen LogP contribution < -0.4 is 5.32 Å². The van der Waals surface area contributed by atoms with E-state index in [-0.39, 0.29) is 0 Å². The van der Waals surface area contributed by atoms with Gasteiger partial charge in [-0.15, -0.1) is 11.3 Å². The lowest BCUT2D eigenvalue weighted by Crippen LogP contribution is -2.07. The van der Waals surface area contributed by atoms with Gasteiger partial charge in [0.15, 0.2) is 9.84 Å². The molecule has 0 aliphatic rings. The molecule has 4 nitrogen and oxygen atoms in total. The number of aryl methyl sites for hydroxylation is 1. The van der Waals surface area contributed by atoms with Crippen LogP contribution in [-0.4, -0.2) is 26.7 Å². The van der Waals surface area contributed by atoms with E-state index in [2.05, 4.69) is 17.2 Å². The highest BCUT2D eigenvalue weighted by Crippen LogP contribution is 2.28. The van der Waals surface area contributed by atoms with Crippen molar-refractivity contribution in [3.63, 3.8) is 0 Å². The summed E-state index contributed by atoms with van der Waals surface area (Å²) in [6, 6.07) is 0. The Morgan fingerprint density at radius 2 is 2.12 bits per heavy atom. The molecule has 0 aliphatic carbocycles. The molecule has 1 aromatic heterocycles. The standard InChI is InChI=1S/C11H20N2O2S2/c1-5-6-9-10(7-12-3)16-11(13-9)8(2)17(4,14)15/h8,12H,5-7H2,1-4H3. The molecule has 0 saturated heterocycles. The van der Waals surface area contributed by atoms with Crippen molar-refractivity contribution in [2.45, 2.75) is 38.5 Å². The fraction of sp³-hybridized carbons (Fsp3) is 0.727. The first-order valence-corrected chi connectivity index (χ1v) is 8.49. The summed E-state index contributed by atoms with van der Waals surface area (Å²) in [5.74, 6) is 0. The fourth-order valence-electron chi connectivity index (χ4n) is 1.49. The predicted octanol–water partition coefficient (Wildman–Crippen LogP) is 1.92. The summed E-state index contributed by atoms with van der Waals surface area (Å²) in [4.78, 5) is 5.64. The van der Waals surface area contributed by atoms with E-state index in [1.54, 1.807) is 6.92 Å². The third-order valence-electron chi connectivity index (χ3n) is 2.61. The number of thiazole rings is 1. The van der Waals surface area contributed by atoms with Gasteiger partial charge in [0, 0.05) is 17.7 Å². The largest absolute Gasteiger partial charge is 0.315 e. The summed E-state index contributed by atoms with van der Waals surface area (Å²) < 4.78 is 23.0. The number of hydrogen-bond donors (Lipinski definition) is 1. The van der Waals surface area contributed by atoms with Crippen molar-refractivity contribution < 1.29 is 8.42 Å². The van der Waals surface area contributed by atoms with Crippen LogP contribution in [0.3, 0.4) is 0 Å². The molecule has 1 N–H and O–H groups in total. The van der Waals surface area contributed by atoms with Crippen LogP contribution in [0, 0.1) is 0 Å². The van der Waals surface area contributed by atoms with Gasteiger partial charge in [-0.2, -0.15) is 0 Å². The molecule has 0 saturated carbocycles. The van der Waals surface area contributed by atoms with Gasteiger partial charge < -0.3 is 5.32 Å². The van der Waals surface area contributed by atoms with E-state index < -0.39 is 15.1 Å². The molecule has 1 unspecified atom stereocenters. The molecule has 0 aliphatic heterocycles. The van der Waals surface area contributed by atoms with Crippen molar-refractivity contribution in [3.05, 3.63) is 15.6 Å². The number of nitrogens with zero attached hydrogens (tertiary/aromatic N) is 1. The molecule has 1 rings (SSSR count). The van der Waals surface area contributed by atoms with Gasteiger partial charge in [-0.25, -0.2) is 13.4 Å². The minimum absolute atomic E-state index is 0.506. The van der Waals surface area contributed by atoms with Gasteiger partial charge in [0.25, 0.3) is 0 Å². The molecule has 98 valence electrons. The lowest BCUT2D eigenvalue weighted by molar-refractivity contribution is 0.592. The number of sulfone groups is 1. The smallest absolute Gasteiger partial charge is 0.156 e. The summed E-state index contributed by atoms with van der Waals surface area (Å²) in [5.41, 5.74) is 1.04. The molecule has 0 spiro atoms. The van der Waals surface area contributed by atoms with Crippen molar-refractivity contribution in [2.24, 2.45) is 0 Å². The average molecular weight is 276 g/mol. The number of nitrogens with one attached hydrogen (secondary N) is 1. The Bertz CT molecular complexity index is 442. The molecule has 17 heavy (non-hydrogen) atoms. The van der Waals surface area contributed by atoms with Gasteiger partial charge in [0.1, 0.15) is 10.3 Å². The Balaban J connectivity index is 3.06. The zero-order chi connectivity index (χ0) is 13.1. The Labute approximate surface area is 107 Å². The molecule has 0 fully saturated rings. The number of rotatable bonds is 6. The summed E-state index contributed by atoms with van der Waals surface area (Å²) in [7, 11) is -1.18. The van der Waals surface area contributed by atoms with E-state index in [9.17, 15) is 8.42 Å². The fourth-order valence-corrected chi connectivity index (χ4v) is 3.64. The minimum Gasteiger partial charge on any atom is -0.315 e. The highest BCUT2D eigenvalue weighted by Gasteiger charge is 2.22. The van der Waals surface area contributed by atoms with Gasteiger partial charge in [0.05, 0.1) is 5.69 Å². The van der Waals surface area contributed by atoms with Gasteiger partial charge in [-0.05, 0) is 20.4 Å². The van der Waals surface area contributed by atoms with Crippen LogP contribution in [0.15, 0.2) is 0 Å². The second-order valence-electron chi connectivity index (χ2n) is 4.17. The van der Waals surface area contributed by atoms with E-state index in [1.165, 1.54) is 17.6 Å². The zero-order valence-electron chi connectivity index (χ0n) is 10.8. The highest BCUT2D eigenvalue weighted by molar-refractivity contribution is 7.91. The Kier molecular flexibility index (Phi) is 5.09. The normalized spacial score (nSPS) is 13.9. The molecule has 0 aromatic carbocycles. The molecule has 1 heterocycles. The molecule has 6 heteroatoms. The Morgan fingerprint density at radius 1 is 1.47 bits per heavy atom. The summed E-state index contributed by atoms with van der Waals surface area (Å²) in [6.07, 6.45) is 3.19. The SMILES string of the molecule is CCCc1nc(C(C)S(C)(=O)=O)sc1CNC. The number of aromatic nitrogens is 1. The van der Waals surface area contributed by atoms with Crippen molar-refractivity contribution in [1.29, 1.82) is 0 Å². The van der Waals surface area contributed by atoms with Crippen LogP contribution in [-0.2, 0) is 22.8 Å². The lowest BCUT2D eigenvalue weighted by Gasteiger charge is -2.04. The second kappa shape index (κ2) is 5.93. The van der Waals surface area contributed by atoms with E-state index in [4.69, 9.17) is 0 Å². The van der Waals surface area contributed by atoms with Crippen LogP contribution >= 0.6 is 11.3 Å². The first-order valence-electron chi connectivity index (χ1n) is 5.72. The molecule has 1 aromatic rings. The second-order valence-corrected chi connectivity index (χ2v) is 7.66. The van der Waals surface area contributed by atoms with Crippen molar-refractivity contribution in [2.75, 3.05) is 13.3 Å². The van der Waals surface area contributed by atoms with Crippen molar-refractivity contribution >= 4 is 21.2 Å². The van der Waals surface area contributed by atoms with Crippen LogP contribution in [0.4, 0.5) is 0 Å². The average Bonchev–Trinajstić information content (AvgIpc) is 2.60. The third kappa shape index (κ3) is 3.76. The molecular formula is C11H20N2O2S2. The maximum Gasteiger partial charge on any atom is 0.156 e. The molecule has 0 radical (unpaired) electrons. The summed E-state index contributed by atoms with van der Waals surface area (Å²) in [6.45, 7) is 4.55. The van der Waals surface area contributed by atoms with Gasteiger partial charge in [0.2, 0.25) is 0 Å². The van der Waals surface area contributed by atoms with E-state index in [1.807, 2.05) is 7.05 Å². The lowest BCUT2D eigenvalue weighted by atomic mass is 10.2. The maximum atomic E-state index is 11.5. The predicted molar refractivity (Wildman–Crippen MR) is 72.1 cm³/mol. The van der Waals surface area contributed by atoms with Crippen LogP contribution in [0.5, 0.6) is 0 Å². The number of hydrogen-bond acceptors (Lipinski definition) is 5. The Morgan fingerprint density at radius 3 is 2.59 bits per heavy atom. The van der Waals surface area contributed by atoms with Crippen LogP contribution in [0.25, 0.3) is 0 Å². The summed E-state index contributed by atoms with van der Waals surface area (Å²) in [5, 5.41) is 3.30. The zero-order valence-corrected chi connectivity index (χ0v) is 12.4. The van der Waals surface area contributed by atoms with Crippen molar-refractivity contribution in [1.82, 2.24) is 10.3 Å². The topological polar surface area (TPSA) is 59.1 Å². The minimum atomic E-state index is -3.06. The molecular weight excluding hydrogens is 256 g/mol. The highest BCUT2D eigenvalue weighted by atomic mass is 32.2. The maximum absolute atomic E-state index is 11.5. The van der Waals surface area contributed by atoms with E-state index in [0.29, 0.717) is 5.01 Å². The quantitative estimate of drug-likeness (QED) is 0.862. The van der Waals surface area contributed by atoms with Gasteiger partial charge >= 0.3 is 0 Å².